The van der Waals surface area contributed by atoms with Gasteiger partial charge in [0.15, 0.2) is 17.3 Å². The second-order valence-electron chi connectivity index (χ2n) is 6.49. The lowest BCUT2D eigenvalue weighted by Gasteiger charge is -2.16. The van der Waals surface area contributed by atoms with Crippen molar-refractivity contribution in [1.82, 2.24) is 15.5 Å². The van der Waals surface area contributed by atoms with E-state index in [2.05, 4.69) is 30.9 Å². The van der Waals surface area contributed by atoms with Gasteiger partial charge in [0.1, 0.15) is 11.4 Å². The summed E-state index contributed by atoms with van der Waals surface area (Å²) in [6, 6.07) is 3.45. The number of carbonyl (C=O) groups is 3. The first-order valence-electron chi connectivity index (χ1n) is 9.01. The maximum absolute atomic E-state index is 14.1. The highest BCUT2D eigenvalue weighted by Crippen LogP contribution is 2.35. The average molecular weight is 417 g/mol. The molecule has 1 aliphatic rings. The fourth-order valence-corrected chi connectivity index (χ4v) is 2.72. The van der Waals surface area contributed by atoms with E-state index in [0.29, 0.717) is 0 Å². The van der Waals surface area contributed by atoms with Crippen LogP contribution >= 0.6 is 0 Å². The van der Waals surface area contributed by atoms with Crippen LogP contribution < -0.4 is 20.7 Å². The predicted molar refractivity (Wildman–Crippen MR) is 104 cm³/mol. The van der Waals surface area contributed by atoms with Crippen molar-refractivity contribution in [2.75, 3.05) is 31.9 Å². The number of methoxy groups -OCH3 is 2. The van der Waals surface area contributed by atoms with Crippen LogP contribution in [0.5, 0.6) is 5.75 Å². The zero-order valence-corrected chi connectivity index (χ0v) is 16.5. The molecule has 0 atom stereocenters. The molecule has 3 N–H and O–H groups in total. The highest BCUT2D eigenvalue weighted by molar-refractivity contribution is 6.00. The van der Waals surface area contributed by atoms with E-state index in [4.69, 9.17) is 4.74 Å². The Kier molecular flexibility index (Phi) is 6.09. The number of aromatic nitrogens is 2. The number of amides is 2. The van der Waals surface area contributed by atoms with E-state index in [9.17, 15) is 18.8 Å². The first-order valence-corrected chi connectivity index (χ1v) is 9.01. The van der Waals surface area contributed by atoms with E-state index in [1.165, 1.54) is 20.2 Å². The summed E-state index contributed by atoms with van der Waals surface area (Å²) >= 11 is 0. The second-order valence-corrected chi connectivity index (χ2v) is 6.49. The molecular weight excluding hydrogens is 397 g/mol. The number of rotatable bonds is 7. The number of hydrogen-bond donors (Lipinski definition) is 3. The van der Waals surface area contributed by atoms with E-state index < -0.39 is 17.7 Å². The molecule has 2 aromatic rings. The van der Waals surface area contributed by atoms with Crippen molar-refractivity contribution in [3.8, 4) is 5.75 Å². The van der Waals surface area contributed by atoms with Crippen LogP contribution in [0.4, 0.5) is 21.6 Å². The van der Waals surface area contributed by atoms with Gasteiger partial charge in [-0.15, -0.1) is 10.2 Å². The molecule has 0 aliphatic heterocycles. The predicted octanol–water partition coefficient (Wildman–Crippen LogP) is 1.86. The van der Waals surface area contributed by atoms with Gasteiger partial charge >= 0.3 is 5.97 Å². The highest BCUT2D eigenvalue weighted by Gasteiger charge is 2.30. The molecule has 0 saturated heterocycles. The number of esters is 1. The van der Waals surface area contributed by atoms with Gasteiger partial charge in [-0.05, 0) is 18.9 Å². The molecule has 0 spiro atoms. The Morgan fingerprint density at radius 1 is 1.10 bits per heavy atom. The Balaban J connectivity index is 2.03. The summed E-state index contributed by atoms with van der Waals surface area (Å²) in [5, 5.41) is 15.6. The smallest absolute Gasteiger partial charge is 0.341 e. The molecule has 10 nitrogen and oxygen atoms in total. The van der Waals surface area contributed by atoms with Gasteiger partial charge in [0.05, 0.1) is 25.6 Å². The number of ether oxygens (including phenoxy) is 2. The molecule has 0 unspecified atom stereocenters. The number of benzene rings is 1. The van der Waals surface area contributed by atoms with Gasteiger partial charge in [0.25, 0.3) is 5.91 Å². The topological polar surface area (TPSA) is 132 Å². The molecule has 11 heteroatoms. The van der Waals surface area contributed by atoms with Crippen molar-refractivity contribution in [3.05, 3.63) is 35.3 Å². The van der Waals surface area contributed by atoms with Gasteiger partial charge in [-0.2, -0.15) is 0 Å². The Labute approximate surface area is 171 Å². The van der Waals surface area contributed by atoms with Crippen LogP contribution in [0, 0.1) is 11.7 Å². The monoisotopic (exact) mass is 417 g/mol. The maximum atomic E-state index is 14.1. The van der Waals surface area contributed by atoms with Crippen molar-refractivity contribution in [1.29, 1.82) is 0 Å². The molecule has 1 saturated carbocycles. The van der Waals surface area contributed by atoms with Crippen molar-refractivity contribution in [2.45, 2.75) is 12.8 Å². The van der Waals surface area contributed by atoms with Gasteiger partial charge in [0, 0.05) is 25.1 Å². The SMILES string of the molecule is CNC(=O)c1nnc(NC(=O)C2CC2)cc1Nc1cc(F)cc(C(=O)OC)c1OC. The largest absolute Gasteiger partial charge is 0.494 e. The van der Waals surface area contributed by atoms with E-state index in [1.807, 2.05) is 0 Å². The molecule has 1 heterocycles. The molecule has 158 valence electrons. The van der Waals surface area contributed by atoms with Gasteiger partial charge in [0.2, 0.25) is 5.91 Å². The number of carbonyl (C=O) groups excluding carboxylic acids is 3. The summed E-state index contributed by atoms with van der Waals surface area (Å²) in [6.45, 7) is 0. The lowest BCUT2D eigenvalue weighted by molar-refractivity contribution is -0.117. The lowest BCUT2D eigenvalue weighted by atomic mass is 10.1. The average Bonchev–Trinajstić information content (AvgIpc) is 3.58. The molecule has 2 amide bonds. The van der Waals surface area contributed by atoms with Crippen LogP contribution in [0.1, 0.15) is 33.7 Å². The number of anilines is 3. The number of nitrogens with one attached hydrogen (secondary N) is 3. The van der Waals surface area contributed by atoms with E-state index in [1.54, 1.807) is 0 Å². The Morgan fingerprint density at radius 3 is 2.43 bits per heavy atom. The lowest BCUT2D eigenvalue weighted by Crippen LogP contribution is -2.22. The molecule has 3 rings (SSSR count). The first-order chi connectivity index (χ1) is 14.4. The summed E-state index contributed by atoms with van der Waals surface area (Å²) in [7, 11) is 3.87. The summed E-state index contributed by atoms with van der Waals surface area (Å²) < 4.78 is 24.1. The fraction of sp³-hybridized carbons (Fsp3) is 0.316. The van der Waals surface area contributed by atoms with Crippen LogP contribution in [0.2, 0.25) is 0 Å². The normalized spacial score (nSPS) is 12.7. The van der Waals surface area contributed by atoms with Crippen molar-refractivity contribution >= 4 is 35.0 Å². The van der Waals surface area contributed by atoms with Gasteiger partial charge in [-0.1, -0.05) is 0 Å². The number of hydrogen-bond acceptors (Lipinski definition) is 8. The van der Waals surface area contributed by atoms with Gasteiger partial charge in [-0.3, -0.25) is 9.59 Å². The third kappa shape index (κ3) is 4.45. The van der Waals surface area contributed by atoms with Crippen LogP contribution in [0.3, 0.4) is 0 Å². The molecule has 1 aromatic heterocycles. The molecule has 0 radical (unpaired) electrons. The summed E-state index contributed by atoms with van der Waals surface area (Å²) in [6.07, 6.45) is 1.61. The maximum Gasteiger partial charge on any atom is 0.341 e. The number of halogens is 1. The molecule has 1 aliphatic carbocycles. The van der Waals surface area contributed by atoms with Gasteiger partial charge in [-0.25, -0.2) is 9.18 Å². The third-order valence-corrected chi connectivity index (χ3v) is 4.37. The summed E-state index contributed by atoms with van der Waals surface area (Å²) in [5.41, 5.74) is -0.0770. The van der Waals surface area contributed by atoms with Crippen LogP contribution in [0.15, 0.2) is 18.2 Å². The van der Waals surface area contributed by atoms with Crippen LogP contribution in [-0.2, 0) is 9.53 Å². The zero-order valence-electron chi connectivity index (χ0n) is 16.5. The quantitative estimate of drug-likeness (QED) is 0.582. The summed E-state index contributed by atoms with van der Waals surface area (Å²) in [5.74, 6) is -2.23. The minimum Gasteiger partial charge on any atom is -0.494 e. The van der Waals surface area contributed by atoms with E-state index in [0.717, 1.165) is 32.1 Å². The van der Waals surface area contributed by atoms with Crippen molar-refractivity contribution in [3.63, 3.8) is 0 Å². The van der Waals surface area contributed by atoms with E-state index in [-0.39, 0.29) is 46.0 Å². The molecule has 30 heavy (non-hydrogen) atoms. The Bertz CT molecular complexity index is 1010. The minimum absolute atomic E-state index is 0.00600. The van der Waals surface area contributed by atoms with Crippen molar-refractivity contribution < 1.29 is 28.2 Å². The molecule has 1 aromatic carbocycles. The molecule has 1 fully saturated rings. The standard InChI is InChI=1S/C19H20FN5O5/c1-21-18(27)15-12(8-14(24-25-15)23-17(26)9-4-5-9)22-13-7-10(20)6-11(16(13)29-2)19(28)30-3/h6-9H,4-5H2,1-3H3,(H,21,27)(H2,22,23,24,26). The molecule has 0 bridgehead atoms. The Hall–Kier alpha value is -3.76. The molecular formula is C19H20FN5O5. The van der Waals surface area contributed by atoms with Gasteiger partial charge < -0.3 is 25.4 Å². The van der Waals surface area contributed by atoms with Crippen LogP contribution in [-0.4, -0.2) is 49.2 Å². The zero-order chi connectivity index (χ0) is 21.8. The van der Waals surface area contributed by atoms with Crippen molar-refractivity contribution in [2.24, 2.45) is 5.92 Å². The minimum atomic E-state index is -0.800. The first kappa shape index (κ1) is 21.0. The summed E-state index contributed by atoms with van der Waals surface area (Å²) in [4.78, 5) is 36.2. The fourth-order valence-electron chi connectivity index (χ4n) is 2.72. The number of nitrogens with zero attached hydrogens (tertiary/aromatic N) is 2. The highest BCUT2D eigenvalue weighted by atomic mass is 19.1. The van der Waals surface area contributed by atoms with Crippen LogP contribution in [0.25, 0.3) is 0 Å². The second kappa shape index (κ2) is 8.72. The third-order valence-electron chi connectivity index (χ3n) is 4.37. The van der Waals surface area contributed by atoms with E-state index >= 15 is 0 Å². The Morgan fingerprint density at radius 2 is 1.83 bits per heavy atom.